The second kappa shape index (κ2) is 9.06. The highest BCUT2D eigenvalue weighted by Crippen LogP contribution is 2.19. The molecule has 0 radical (unpaired) electrons. The minimum Gasteiger partial charge on any atom is -0.481 e. The number of anilines is 1. The van der Waals surface area contributed by atoms with Crippen molar-refractivity contribution in [1.82, 2.24) is 4.90 Å². The number of terminal acetylenes is 1. The molecule has 124 valence electrons. The first-order valence-corrected chi connectivity index (χ1v) is 8.03. The van der Waals surface area contributed by atoms with Gasteiger partial charge in [-0.1, -0.05) is 5.92 Å². The average Bonchev–Trinajstić information content (AvgIpc) is 2.59. The standard InChI is InChI=1S/C18H24N2O3/c1-3-12-23-17-9-7-16(8-10-17)19-18(21)20-11-5-6-15(13-20)14-22-4-2/h1,7-10,15H,4-6,11-14H2,2H3,(H,19,21)/t15-/m1/s1. The van der Waals surface area contributed by atoms with Crippen LogP contribution in [0, 0.1) is 18.3 Å². The van der Waals surface area contributed by atoms with Crippen molar-refractivity contribution < 1.29 is 14.3 Å². The maximum Gasteiger partial charge on any atom is 0.321 e. The zero-order chi connectivity index (χ0) is 16.5. The molecule has 0 bridgehead atoms. The monoisotopic (exact) mass is 316 g/mol. The van der Waals surface area contributed by atoms with E-state index in [1.165, 1.54) is 0 Å². The zero-order valence-electron chi connectivity index (χ0n) is 13.6. The van der Waals surface area contributed by atoms with Crippen molar-refractivity contribution in [2.45, 2.75) is 19.8 Å². The largest absolute Gasteiger partial charge is 0.481 e. The summed E-state index contributed by atoms with van der Waals surface area (Å²) in [5, 5.41) is 2.92. The van der Waals surface area contributed by atoms with Crippen LogP contribution < -0.4 is 10.1 Å². The third-order valence-corrected chi connectivity index (χ3v) is 3.79. The number of hydrogen-bond acceptors (Lipinski definition) is 3. The second-order valence-corrected chi connectivity index (χ2v) is 5.56. The van der Waals surface area contributed by atoms with Crippen LogP contribution in [0.1, 0.15) is 19.8 Å². The Bertz CT molecular complexity index is 536. The van der Waals surface area contributed by atoms with Crippen LogP contribution in [0.4, 0.5) is 10.5 Å². The molecule has 1 fully saturated rings. The predicted molar refractivity (Wildman–Crippen MR) is 90.6 cm³/mol. The summed E-state index contributed by atoms with van der Waals surface area (Å²) in [4.78, 5) is 14.2. The number of carbonyl (C=O) groups excluding carboxylic acids is 1. The fraction of sp³-hybridized carbons (Fsp3) is 0.500. The smallest absolute Gasteiger partial charge is 0.321 e. The van der Waals surface area contributed by atoms with Crippen molar-refractivity contribution in [3.63, 3.8) is 0 Å². The Hall–Kier alpha value is -2.19. The van der Waals surface area contributed by atoms with Crippen LogP contribution in [-0.2, 0) is 4.74 Å². The number of carbonyl (C=O) groups is 1. The SMILES string of the molecule is C#CCOc1ccc(NC(=O)N2CCC[C@@H](COCC)C2)cc1. The van der Waals surface area contributed by atoms with Crippen molar-refractivity contribution in [3.8, 4) is 18.1 Å². The van der Waals surface area contributed by atoms with Crippen LogP contribution in [-0.4, -0.2) is 43.8 Å². The quantitative estimate of drug-likeness (QED) is 0.821. The van der Waals surface area contributed by atoms with Crippen molar-refractivity contribution in [2.24, 2.45) is 5.92 Å². The number of urea groups is 1. The number of nitrogens with zero attached hydrogens (tertiary/aromatic N) is 1. The topological polar surface area (TPSA) is 50.8 Å². The average molecular weight is 316 g/mol. The number of hydrogen-bond donors (Lipinski definition) is 1. The van der Waals surface area contributed by atoms with Gasteiger partial charge in [-0.25, -0.2) is 4.79 Å². The first-order valence-electron chi connectivity index (χ1n) is 8.03. The van der Waals surface area contributed by atoms with Gasteiger partial charge in [0.15, 0.2) is 0 Å². The Morgan fingerprint density at radius 3 is 2.91 bits per heavy atom. The molecule has 2 rings (SSSR count). The lowest BCUT2D eigenvalue weighted by molar-refractivity contribution is 0.0777. The molecule has 0 unspecified atom stereocenters. The van der Waals surface area contributed by atoms with Crippen LogP contribution in [0.25, 0.3) is 0 Å². The number of benzene rings is 1. The Labute approximate surface area is 138 Å². The van der Waals surface area contributed by atoms with Gasteiger partial charge in [-0.15, -0.1) is 6.42 Å². The summed E-state index contributed by atoms with van der Waals surface area (Å²) < 4.78 is 10.8. The zero-order valence-corrected chi connectivity index (χ0v) is 13.6. The van der Waals surface area contributed by atoms with Gasteiger partial charge in [0.2, 0.25) is 0 Å². The lowest BCUT2D eigenvalue weighted by Gasteiger charge is -2.32. The molecule has 0 spiro atoms. The highest BCUT2D eigenvalue weighted by Gasteiger charge is 2.23. The maximum atomic E-state index is 12.4. The van der Waals surface area contributed by atoms with Gasteiger partial charge < -0.3 is 19.7 Å². The molecule has 1 atom stereocenters. The summed E-state index contributed by atoms with van der Waals surface area (Å²) in [6.45, 7) is 5.20. The van der Waals surface area contributed by atoms with Crippen molar-refractivity contribution >= 4 is 11.7 Å². The lowest BCUT2D eigenvalue weighted by atomic mass is 9.99. The van der Waals surface area contributed by atoms with Gasteiger partial charge >= 0.3 is 6.03 Å². The molecule has 1 aromatic carbocycles. The number of nitrogens with one attached hydrogen (secondary N) is 1. The molecule has 2 amide bonds. The first kappa shape index (κ1) is 17.2. The molecule has 1 aliphatic rings. The molecule has 0 saturated carbocycles. The van der Waals surface area contributed by atoms with Crippen molar-refractivity contribution in [3.05, 3.63) is 24.3 Å². The Kier molecular flexibility index (Phi) is 6.76. The number of rotatable bonds is 6. The minimum absolute atomic E-state index is 0.0662. The van der Waals surface area contributed by atoms with Gasteiger partial charge in [0.05, 0.1) is 6.61 Å². The summed E-state index contributed by atoms with van der Waals surface area (Å²) in [5.74, 6) is 3.53. The van der Waals surface area contributed by atoms with Gasteiger partial charge in [-0.2, -0.15) is 0 Å². The fourth-order valence-corrected chi connectivity index (χ4v) is 2.63. The number of piperidine rings is 1. The fourth-order valence-electron chi connectivity index (χ4n) is 2.63. The van der Waals surface area contributed by atoms with E-state index in [0.717, 1.165) is 44.8 Å². The van der Waals surface area contributed by atoms with Gasteiger partial charge in [-0.3, -0.25) is 0 Å². The summed E-state index contributed by atoms with van der Waals surface area (Å²) in [5.41, 5.74) is 0.745. The molecule has 0 aromatic heterocycles. The van der Waals surface area contributed by atoms with E-state index in [-0.39, 0.29) is 12.6 Å². The molecular weight excluding hydrogens is 292 g/mol. The van der Waals surface area contributed by atoms with Gasteiger partial charge in [0.1, 0.15) is 12.4 Å². The van der Waals surface area contributed by atoms with Gasteiger partial charge in [0, 0.05) is 31.3 Å². The minimum atomic E-state index is -0.0662. The van der Waals surface area contributed by atoms with E-state index in [9.17, 15) is 4.79 Å². The summed E-state index contributed by atoms with van der Waals surface area (Å²) in [7, 11) is 0. The van der Waals surface area contributed by atoms with Crippen molar-refractivity contribution in [1.29, 1.82) is 0 Å². The molecule has 5 heteroatoms. The van der Waals surface area contributed by atoms with Crippen LogP contribution in [0.5, 0.6) is 5.75 Å². The Balaban J connectivity index is 1.84. The van der Waals surface area contributed by atoms with Gasteiger partial charge in [0.25, 0.3) is 0 Å². The molecule has 23 heavy (non-hydrogen) atoms. The summed E-state index contributed by atoms with van der Waals surface area (Å²) in [6.07, 6.45) is 7.28. The molecule has 1 N–H and O–H groups in total. The summed E-state index contributed by atoms with van der Waals surface area (Å²) >= 11 is 0. The second-order valence-electron chi connectivity index (χ2n) is 5.56. The molecule has 1 heterocycles. The number of ether oxygens (including phenoxy) is 2. The summed E-state index contributed by atoms with van der Waals surface area (Å²) in [6, 6.07) is 7.14. The van der Waals surface area contributed by atoms with E-state index in [1.807, 2.05) is 24.0 Å². The Morgan fingerprint density at radius 1 is 1.43 bits per heavy atom. The lowest BCUT2D eigenvalue weighted by Crippen LogP contribution is -2.43. The van der Waals surface area contributed by atoms with E-state index in [1.54, 1.807) is 12.1 Å². The number of likely N-dealkylation sites (tertiary alicyclic amines) is 1. The van der Waals surface area contributed by atoms with Crippen LogP contribution >= 0.6 is 0 Å². The van der Waals surface area contributed by atoms with E-state index >= 15 is 0 Å². The third-order valence-electron chi connectivity index (χ3n) is 3.79. The molecule has 1 aromatic rings. The van der Waals surface area contributed by atoms with E-state index in [0.29, 0.717) is 11.7 Å². The molecule has 1 aliphatic heterocycles. The highest BCUT2D eigenvalue weighted by atomic mass is 16.5. The molecule has 1 saturated heterocycles. The number of amides is 2. The normalized spacial score (nSPS) is 17.4. The van der Waals surface area contributed by atoms with Crippen LogP contribution in [0.2, 0.25) is 0 Å². The van der Waals surface area contributed by atoms with E-state index in [4.69, 9.17) is 15.9 Å². The molecule has 0 aliphatic carbocycles. The highest BCUT2D eigenvalue weighted by molar-refractivity contribution is 5.89. The maximum absolute atomic E-state index is 12.4. The van der Waals surface area contributed by atoms with E-state index < -0.39 is 0 Å². The molecular formula is C18H24N2O3. The molecule has 5 nitrogen and oxygen atoms in total. The van der Waals surface area contributed by atoms with Gasteiger partial charge in [-0.05, 0) is 44.0 Å². The van der Waals surface area contributed by atoms with Crippen molar-refractivity contribution in [2.75, 3.05) is 38.2 Å². The Morgan fingerprint density at radius 2 is 2.22 bits per heavy atom. The van der Waals surface area contributed by atoms with E-state index in [2.05, 4.69) is 11.2 Å². The van der Waals surface area contributed by atoms with Crippen LogP contribution in [0.15, 0.2) is 24.3 Å². The first-order chi connectivity index (χ1) is 11.2. The predicted octanol–water partition coefficient (Wildman–Crippen LogP) is 2.98. The third kappa shape index (κ3) is 5.50. The van der Waals surface area contributed by atoms with Crippen LogP contribution in [0.3, 0.4) is 0 Å².